The van der Waals surface area contributed by atoms with E-state index in [1.807, 2.05) is 26.0 Å². The topological polar surface area (TPSA) is 71.1 Å². The Balaban J connectivity index is 1.35. The van der Waals surface area contributed by atoms with Crippen LogP contribution >= 0.6 is 0 Å². The second kappa shape index (κ2) is 14.4. The van der Waals surface area contributed by atoms with Crippen molar-refractivity contribution >= 4 is 27.8 Å². The monoisotopic (exact) mass is 573 g/mol. The number of hydrogen-bond donors (Lipinski definition) is 0. The van der Waals surface area contributed by atoms with E-state index >= 15 is 8.78 Å². The molecule has 0 unspecified atom stereocenters. The third kappa shape index (κ3) is 8.40. The van der Waals surface area contributed by atoms with Gasteiger partial charge in [-0.2, -0.15) is 0 Å². The first-order chi connectivity index (χ1) is 19.9. The first-order valence-corrected chi connectivity index (χ1v) is 14.1. The van der Waals surface area contributed by atoms with Crippen LogP contribution in [0.3, 0.4) is 0 Å². The Morgan fingerprint density at radius 3 is 1.39 bits per heavy atom. The van der Waals surface area contributed by atoms with Gasteiger partial charge in [0.05, 0.1) is 0 Å². The molecule has 0 aliphatic heterocycles. The maximum atomic E-state index is 15.1. The van der Waals surface area contributed by atoms with E-state index in [2.05, 4.69) is 0 Å². The number of benzene rings is 4. The quantitative estimate of drug-likeness (QED) is 0.169. The fraction of sp³-hybridized carbons (Fsp3) is 0.188. The van der Waals surface area contributed by atoms with Crippen LogP contribution in [0, 0.1) is 11.6 Å². The Morgan fingerprint density at radius 2 is 1.02 bits per heavy atom. The summed E-state index contributed by atoms with van der Waals surface area (Å²) in [4.78, 5) is 24.9. The van der Waals surface area contributed by atoms with Crippen LogP contribution in [-0.4, -0.2) is 27.8 Å². The number of ether oxygens (including phenoxy) is 2. The fourth-order valence-electron chi connectivity index (χ4n) is 4.01. The zero-order valence-corrected chi connectivity index (χ0v) is 23.8. The number of carbonyl (C=O) groups is 2. The predicted octanol–water partition coefficient (Wildman–Crippen LogP) is 7.08. The Kier molecular flexibility index (Phi) is 10.5. The summed E-state index contributed by atoms with van der Waals surface area (Å²) in [6.07, 6.45) is 0.458. The normalized spacial score (nSPS) is 10.4. The second-order valence-corrected chi connectivity index (χ2v) is 9.76. The van der Waals surface area contributed by atoms with Crippen molar-refractivity contribution in [3.63, 3.8) is 0 Å². The molecule has 0 spiro atoms. The number of para-hydroxylation sites is 2. The molecular formula is C32H28AlF2O6+. The third-order valence-corrected chi connectivity index (χ3v) is 6.85. The van der Waals surface area contributed by atoms with Gasteiger partial charge in [-0.3, -0.25) is 0 Å². The Morgan fingerprint density at radius 1 is 0.634 bits per heavy atom. The molecule has 6 nitrogen and oxygen atoms in total. The number of aryl methyl sites for hydroxylation is 2. The molecule has 4 aromatic carbocycles. The molecule has 0 amide bonds. The summed E-state index contributed by atoms with van der Waals surface area (Å²) >= 11 is -1.53. The molecule has 0 aliphatic rings. The van der Waals surface area contributed by atoms with Gasteiger partial charge in [-0.1, -0.05) is 0 Å². The van der Waals surface area contributed by atoms with E-state index in [1.54, 1.807) is 72.8 Å². The van der Waals surface area contributed by atoms with Gasteiger partial charge in [-0.15, -0.1) is 0 Å². The van der Waals surface area contributed by atoms with Gasteiger partial charge in [0.25, 0.3) is 0 Å². The van der Waals surface area contributed by atoms with E-state index in [1.165, 1.54) is 0 Å². The van der Waals surface area contributed by atoms with Gasteiger partial charge in [-0.05, 0) is 0 Å². The van der Waals surface area contributed by atoms with Crippen molar-refractivity contribution in [2.75, 3.05) is 0 Å². The van der Waals surface area contributed by atoms with Crippen molar-refractivity contribution in [2.45, 2.75) is 39.5 Å². The summed E-state index contributed by atoms with van der Waals surface area (Å²) in [5.41, 5.74) is 1.78. The van der Waals surface area contributed by atoms with Gasteiger partial charge >= 0.3 is 245 Å². The van der Waals surface area contributed by atoms with Crippen LogP contribution in [-0.2, 0) is 42.8 Å². The summed E-state index contributed by atoms with van der Waals surface area (Å²) in [6, 6.07) is 23.8. The molecule has 4 rings (SSSR count). The van der Waals surface area contributed by atoms with Gasteiger partial charge in [0.15, 0.2) is 0 Å². The van der Waals surface area contributed by atoms with Crippen LogP contribution < -0.4 is 9.47 Å². The Labute approximate surface area is 244 Å². The van der Waals surface area contributed by atoms with Crippen molar-refractivity contribution in [2.24, 2.45) is 0 Å². The first kappa shape index (κ1) is 29.8. The molecular weight excluding hydrogens is 545 g/mol. The first-order valence-electron chi connectivity index (χ1n) is 13.1. The molecule has 9 heteroatoms. The minimum atomic E-state index is -1.53. The van der Waals surface area contributed by atoms with Crippen molar-refractivity contribution in [1.29, 1.82) is 0 Å². The zero-order chi connectivity index (χ0) is 29.2. The van der Waals surface area contributed by atoms with E-state index in [9.17, 15) is 9.59 Å². The van der Waals surface area contributed by atoms with E-state index in [4.69, 9.17) is 17.1 Å². The molecule has 0 atom stereocenters. The van der Waals surface area contributed by atoms with E-state index < -0.39 is 39.5 Å². The van der Waals surface area contributed by atoms with Crippen LogP contribution in [0.15, 0.2) is 84.9 Å². The molecule has 4 aromatic rings. The van der Waals surface area contributed by atoms with Crippen LogP contribution in [0.5, 0.6) is 23.0 Å². The minimum absolute atomic E-state index is 0.00377. The SMILES string of the molecule is CCc1cc(CC(=O)[O][Al+][O]C(=O)Cc2cc(CC)cc(Oc3ccccc3)c2F)c(F)c(Oc2ccccc2)c1. The third-order valence-electron chi connectivity index (χ3n) is 6.14. The van der Waals surface area contributed by atoms with Crippen LogP contribution in [0.4, 0.5) is 8.78 Å². The molecule has 0 heterocycles. The second-order valence-electron chi connectivity index (χ2n) is 9.10. The maximum absolute atomic E-state index is 15.1. The zero-order valence-electron chi connectivity index (χ0n) is 22.7. The average Bonchev–Trinajstić information content (AvgIpc) is 2.98. The van der Waals surface area contributed by atoms with Crippen molar-refractivity contribution in [1.82, 2.24) is 0 Å². The Bertz CT molecular complexity index is 1380. The number of carbonyl (C=O) groups excluding carboxylic acids is 2. The summed E-state index contributed by atoms with van der Waals surface area (Å²) < 4.78 is 51.8. The van der Waals surface area contributed by atoms with Gasteiger partial charge in [0, 0.05) is 0 Å². The summed E-state index contributed by atoms with van der Waals surface area (Å²) in [5.74, 6) is -1.93. The molecule has 0 N–H and O–H groups in total. The van der Waals surface area contributed by atoms with E-state index in [0.29, 0.717) is 24.3 Å². The molecule has 0 radical (unpaired) electrons. The van der Waals surface area contributed by atoms with E-state index in [-0.39, 0.29) is 35.5 Å². The molecule has 0 aliphatic carbocycles. The van der Waals surface area contributed by atoms with E-state index in [0.717, 1.165) is 11.1 Å². The van der Waals surface area contributed by atoms with Crippen LogP contribution in [0.25, 0.3) is 0 Å². The molecule has 0 saturated carbocycles. The molecule has 0 bridgehead atoms. The molecule has 208 valence electrons. The van der Waals surface area contributed by atoms with Crippen molar-refractivity contribution < 1.29 is 35.4 Å². The Hall–Kier alpha value is -4.19. The average molecular weight is 574 g/mol. The predicted molar refractivity (Wildman–Crippen MR) is 150 cm³/mol. The summed E-state index contributed by atoms with van der Waals surface area (Å²) in [7, 11) is 0. The fourth-order valence-corrected chi connectivity index (χ4v) is 4.44. The van der Waals surface area contributed by atoms with Crippen molar-refractivity contribution in [3.8, 4) is 23.0 Å². The van der Waals surface area contributed by atoms with Gasteiger partial charge in [-0.25, -0.2) is 0 Å². The molecule has 41 heavy (non-hydrogen) atoms. The van der Waals surface area contributed by atoms with Gasteiger partial charge < -0.3 is 0 Å². The van der Waals surface area contributed by atoms with Gasteiger partial charge in [0.1, 0.15) is 0 Å². The van der Waals surface area contributed by atoms with Gasteiger partial charge in [0.2, 0.25) is 0 Å². The van der Waals surface area contributed by atoms with Crippen LogP contribution in [0.2, 0.25) is 0 Å². The van der Waals surface area contributed by atoms with Crippen LogP contribution in [0.1, 0.15) is 36.1 Å². The summed E-state index contributed by atoms with van der Waals surface area (Å²) in [6.45, 7) is 3.81. The molecule has 0 saturated heterocycles. The molecule has 0 fully saturated rings. The standard InChI is InChI=1S/2C16H15FO3.Al/c2*1-2-11-8-12(10-15(18)19)16(17)14(9-11)20-13-6-4-3-5-7-13;/h2*3-9H,2,10H2,1H3,(H,18,19);/q;;+3/p-2. The van der Waals surface area contributed by atoms with Crippen molar-refractivity contribution in [3.05, 3.63) is 119 Å². The summed E-state index contributed by atoms with van der Waals surface area (Å²) in [5, 5.41) is 0. The molecule has 0 aromatic heterocycles. The number of halogens is 2. The number of hydrogen-bond acceptors (Lipinski definition) is 6. The number of rotatable bonds is 12.